The van der Waals surface area contributed by atoms with Gasteiger partial charge in [-0.25, -0.2) is 4.68 Å². The third-order valence-corrected chi connectivity index (χ3v) is 3.10. The van der Waals surface area contributed by atoms with E-state index >= 15 is 0 Å². The van der Waals surface area contributed by atoms with Crippen molar-refractivity contribution in [3.8, 4) is 17.3 Å². The number of benzene rings is 1. The lowest BCUT2D eigenvalue weighted by Gasteiger charge is -2.09. The lowest BCUT2D eigenvalue weighted by Crippen LogP contribution is -2.26. The van der Waals surface area contributed by atoms with Gasteiger partial charge in [-0.3, -0.25) is 4.79 Å². The summed E-state index contributed by atoms with van der Waals surface area (Å²) < 4.78 is 1.46. The Morgan fingerprint density at radius 2 is 2.00 bits per heavy atom. The zero-order chi connectivity index (χ0) is 14.5. The standard InChI is InChI=1S/C16H17N3O/c1-3-10-19-16(20)14(8-9-17)11-15(18-19)13-6-4-12(2)5-7-13/h4-7,11H,3,8,10H2,1-2H3. The molecule has 0 saturated heterocycles. The molecule has 0 N–H and O–H groups in total. The minimum Gasteiger partial charge on any atom is -0.267 e. The number of nitriles is 1. The largest absolute Gasteiger partial charge is 0.271 e. The summed E-state index contributed by atoms with van der Waals surface area (Å²) in [5, 5.41) is 13.2. The van der Waals surface area contributed by atoms with E-state index in [-0.39, 0.29) is 12.0 Å². The van der Waals surface area contributed by atoms with Crippen LogP contribution >= 0.6 is 0 Å². The van der Waals surface area contributed by atoms with Gasteiger partial charge in [0.15, 0.2) is 0 Å². The van der Waals surface area contributed by atoms with Crippen LogP contribution in [0.4, 0.5) is 0 Å². The molecule has 2 rings (SSSR count). The van der Waals surface area contributed by atoms with Gasteiger partial charge in [0.2, 0.25) is 0 Å². The SMILES string of the molecule is CCCn1nc(-c2ccc(C)cc2)cc(CC#N)c1=O. The molecule has 0 aliphatic carbocycles. The maximum absolute atomic E-state index is 12.1. The predicted octanol–water partition coefficient (Wildman–Crippen LogP) is 2.69. The van der Waals surface area contributed by atoms with Crippen LogP contribution in [0.25, 0.3) is 11.3 Å². The Balaban J connectivity index is 2.55. The van der Waals surface area contributed by atoms with Gasteiger partial charge in [0, 0.05) is 17.7 Å². The Morgan fingerprint density at radius 1 is 1.30 bits per heavy atom. The topological polar surface area (TPSA) is 58.7 Å². The highest BCUT2D eigenvalue weighted by Crippen LogP contribution is 2.17. The van der Waals surface area contributed by atoms with Gasteiger partial charge in [-0.05, 0) is 19.4 Å². The van der Waals surface area contributed by atoms with Crippen molar-refractivity contribution in [2.75, 3.05) is 0 Å². The number of hydrogen-bond donors (Lipinski definition) is 0. The quantitative estimate of drug-likeness (QED) is 0.855. The lowest BCUT2D eigenvalue weighted by molar-refractivity contribution is 0.566. The first-order chi connectivity index (χ1) is 9.65. The fourth-order valence-electron chi connectivity index (χ4n) is 2.04. The van der Waals surface area contributed by atoms with Crippen molar-refractivity contribution in [2.24, 2.45) is 0 Å². The van der Waals surface area contributed by atoms with Gasteiger partial charge >= 0.3 is 0 Å². The zero-order valence-electron chi connectivity index (χ0n) is 11.8. The van der Waals surface area contributed by atoms with Crippen LogP contribution in [0.15, 0.2) is 35.1 Å². The summed E-state index contributed by atoms with van der Waals surface area (Å²) in [4.78, 5) is 12.1. The summed E-state index contributed by atoms with van der Waals surface area (Å²) in [6, 6.07) is 11.7. The average molecular weight is 267 g/mol. The molecule has 1 heterocycles. The van der Waals surface area contributed by atoms with Crippen LogP contribution in [0, 0.1) is 18.3 Å². The molecule has 0 spiro atoms. The molecule has 0 aliphatic heterocycles. The highest BCUT2D eigenvalue weighted by molar-refractivity contribution is 5.59. The first-order valence-electron chi connectivity index (χ1n) is 6.70. The molecule has 0 saturated carbocycles. The molecule has 20 heavy (non-hydrogen) atoms. The van der Waals surface area contributed by atoms with Gasteiger partial charge in [-0.1, -0.05) is 36.8 Å². The number of hydrogen-bond acceptors (Lipinski definition) is 3. The molecular weight excluding hydrogens is 250 g/mol. The second-order valence-corrected chi connectivity index (χ2v) is 4.78. The zero-order valence-corrected chi connectivity index (χ0v) is 11.8. The van der Waals surface area contributed by atoms with Crippen LogP contribution in [-0.4, -0.2) is 9.78 Å². The molecular formula is C16H17N3O. The highest BCUT2D eigenvalue weighted by atomic mass is 16.1. The Bertz CT molecular complexity index is 693. The van der Waals surface area contributed by atoms with Crippen LogP contribution in [0.2, 0.25) is 0 Å². The second kappa shape index (κ2) is 6.16. The van der Waals surface area contributed by atoms with Crippen molar-refractivity contribution >= 4 is 0 Å². The van der Waals surface area contributed by atoms with E-state index in [1.807, 2.05) is 44.2 Å². The first-order valence-corrected chi connectivity index (χ1v) is 6.70. The van der Waals surface area contributed by atoms with Gasteiger partial charge in [0.1, 0.15) is 0 Å². The summed E-state index contributed by atoms with van der Waals surface area (Å²) in [7, 11) is 0. The van der Waals surface area contributed by atoms with E-state index in [0.717, 1.165) is 17.7 Å². The van der Waals surface area contributed by atoms with Crippen molar-refractivity contribution < 1.29 is 0 Å². The van der Waals surface area contributed by atoms with Crippen LogP contribution in [0.5, 0.6) is 0 Å². The van der Waals surface area contributed by atoms with E-state index in [1.165, 1.54) is 10.2 Å². The second-order valence-electron chi connectivity index (χ2n) is 4.78. The van der Waals surface area contributed by atoms with Crippen LogP contribution < -0.4 is 5.56 Å². The minimum absolute atomic E-state index is 0.115. The smallest absolute Gasteiger partial charge is 0.267 e. The average Bonchev–Trinajstić information content (AvgIpc) is 2.44. The third kappa shape index (κ3) is 2.94. The number of rotatable bonds is 4. The van der Waals surface area contributed by atoms with Gasteiger partial charge < -0.3 is 0 Å². The molecule has 1 aromatic heterocycles. The van der Waals surface area contributed by atoms with Gasteiger partial charge in [-0.15, -0.1) is 0 Å². The predicted molar refractivity (Wildman–Crippen MR) is 78.3 cm³/mol. The molecule has 0 fully saturated rings. The molecule has 2 aromatic rings. The highest BCUT2D eigenvalue weighted by Gasteiger charge is 2.09. The molecule has 0 unspecified atom stereocenters. The molecule has 0 atom stereocenters. The summed E-state index contributed by atoms with van der Waals surface area (Å²) in [5.41, 5.74) is 3.21. The molecule has 102 valence electrons. The first kappa shape index (κ1) is 14.0. The molecule has 0 radical (unpaired) electrons. The Labute approximate surface area is 118 Å². The number of aryl methyl sites for hydroxylation is 2. The van der Waals surface area contributed by atoms with Crippen molar-refractivity contribution in [3.63, 3.8) is 0 Å². The summed E-state index contributed by atoms with van der Waals surface area (Å²) in [5.74, 6) is 0. The van der Waals surface area contributed by atoms with E-state index in [1.54, 1.807) is 6.07 Å². The molecule has 4 nitrogen and oxygen atoms in total. The van der Waals surface area contributed by atoms with Gasteiger partial charge in [-0.2, -0.15) is 10.4 Å². The van der Waals surface area contributed by atoms with Crippen molar-refractivity contribution in [3.05, 3.63) is 51.8 Å². The number of nitrogens with zero attached hydrogens (tertiary/aromatic N) is 3. The van der Waals surface area contributed by atoms with E-state index in [9.17, 15) is 4.79 Å². The molecule has 4 heteroatoms. The maximum atomic E-state index is 12.1. The molecule has 1 aromatic carbocycles. The van der Waals surface area contributed by atoms with Crippen LogP contribution in [0.3, 0.4) is 0 Å². The Hall–Kier alpha value is -2.41. The summed E-state index contributed by atoms with van der Waals surface area (Å²) in [6.45, 7) is 4.59. The van der Waals surface area contributed by atoms with Crippen LogP contribution in [0.1, 0.15) is 24.5 Å². The monoisotopic (exact) mass is 267 g/mol. The van der Waals surface area contributed by atoms with Gasteiger partial charge in [0.05, 0.1) is 18.2 Å². The number of aromatic nitrogens is 2. The van der Waals surface area contributed by atoms with E-state index in [4.69, 9.17) is 5.26 Å². The third-order valence-electron chi connectivity index (χ3n) is 3.10. The fraction of sp³-hybridized carbons (Fsp3) is 0.312. The summed E-state index contributed by atoms with van der Waals surface area (Å²) >= 11 is 0. The van der Waals surface area contributed by atoms with Crippen molar-refractivity contribution in [1.82, 2.24) is 9.78 Å². The normalized spacial score (nSPS) is 10.2. The van der Waals surface area contributed by atoms with Crippen molar-refractivity contribution in [2.45, 2.75) is 33.2 Å². The van der Waals surface area contributed by atoms with E-state index < -0.39 is 0 Å². The van der Waals surface area contributed by atoms with Gasteiger partial charge in [0.25, 0.3) is 5.56 Å². The van der Waals surface area contributed by atoms with E-state index in [2.05, 4.69) is 5.10 Å². The summed E-state index contributed by atoms with van der Waals surface area (Å²) in [6.07, 6.45) is 0.945. The maximum Gasteiger partial charge on any atom is 0.271 e. The molecule has 0 amide bonds. The van der Waals surface area contributed by atoms with Crippen molar-refractivity contribution in [1.29, 1.82) is 5.26 Å². The lowest BCUT2D eigenvalue weighted by atomic mass is 10.1. The molecule has 0 bridgehead atoms. The Morgan fingerprint density at radius 3 is 2.60 bits per heavy atom. The minimum atomic E-state index is -0.163. The Kier molecular flexibility index (Phi) is 4.31. The molecule has 0 aliphatic rings. The fourth-order valence-corrected chi connectivity index (χ4v) is 2.04. The van der Waals surface area contributed by atoms with E-state index in [0.29, 0.717) is 12.1 Å². The van der Waals surface area contributed by atoms with Crippen LogP contribution in [-0.2, 0) is 13.0 Å².